The molecular formula is C23H24N2O6. The molecule has 0 aliphatic heterocycles. The third-order valence-corrected chi connectivity index (χ3v) is 4.81. The van der Waals surface area contributed by atoms with E-state index in [-0.39, 0.29) is 17.8 Å². The Kier molecular flexibility index (Phi) is 7.04. The van der Waals surface area contributed by atoms with E-state index in [1.165, 1.54) is 34.5 Å². The van der Waals surface area contributed by atoms with Crippen molar-refractivity contribution >= 4 is 5.97 Å². The molecule has 0 bridgehead atoms. The van der Waals surface area contributed by atoms with Gasteiger partial charge in [0.2, 0.25) is 17.9 Å². The van der Waals surface area contributed by atoms with Crippen LogP contribution in [0.4, 0.5) is 0 Å². The zero-order valence-electron chi connectivity index (χ0n) is 17.8. The molecule has 8 nitrogen and oxygen atoms in total. The Morgan fingerprint density at radius 3 is 1.68 bits per heavy atom. The van der Waals surface area contributed by atoms with Gasteiger partial charge in [0.25, 0.3) is 0 Å². The van der Waals surface area contributed by atoms with E-state index in [1.807, 2.05) is 60.7 Å². The van der Waals surface area contributed by atoms with Crippen molar-refractivity contribution in [2.24, 2.45) is 0 Å². The molecule has 0 spiro atoms. The average Bonchev–Trinajstić information content (AvgIpc) is 2.84. The van der Waals surface area contributed by atoms with Crippen LogP contribution in [0, 0.1) is 0 Å². The molecule has 0 aliphatic carbocycles. The molecule has 0 amide bonds. The maximum Gasteiger partial charge on any atom is 0.351 e. The second-order valence-corrected chi connectivity index (χ2v) is 6.43. The van der Waals surface area contributed by atoms with Crippen LogP contribution in [0.3, 0.4) is 0 Å². The molecule has 0 saturated carbocycles. The standard InChI is InChI=1S/C23H24N2O6/c1-27-18-15-19(28-2)25-22(24-18)31-20(21(26)29-3)23(30-4,16-11-7-5-8-12-16)17-13-9-6-10-14-17/h5-15,20H,1-4H3. The first kappa shape index (κ1) is 22.0. The number of carbonyl (C=O) groups is 1. The fourth-order valence-electron chi connectivity index (χ4n) is 3.34. The van der Waals surface area contributed by atoms with Crippen molar-refractivity contribution in [3.63, 3.8) is 0 Å². The van der Waals surface area contributed by atoms with Gasteiger partial charge in [0.15, 0.2) is 5.60 Å². The first-order chi connectivity index (χ1) is 15.1. The first-order valence-electron chi connectivity index (χ1n) is 9.46. The summed E-state index contributed by atoms with van der Waals surface area (Å²) in [6.07, 6.45) is -1.29. The van der Waals surface area contributed by atoms with Crippen molar-refractivity contribution in [3.05, 3.63) is 77.9 Å². The molecule has 1 unspecified atom stereocenters. The van der Waals surface area contributed by atoms with Gasteiger partial charge in [-0.25, -0.2) is 4.79 Å². The Balaban J connectivity index is 2.21. The molecule has 0 fully saturated rings. The SMILES string of the molecule is COC(=O)C(Oc1nc(OC)cc(OC)n1)C(OC)(c1ccccc1)c1ccccc1. The summed E-state index contributed by atoms with van der Waals surface area (Å²) in [5.74, 6) is -0.235. The van der Waals surface area contributed by atoms with E-state index in [0.29, 0.717) is 11.1 Å². The highest BCUT2D eigenvalue weighted by molar-refractivity contribution is 5.78. The maximum absolute atomic E-state index is 13.0. The van der Waals surface area contributed by atoms with Crippen LogP contribution in [0.25, 0.3) is 0 Å². The lowest BCUT2D eigenvalue weighted by molar-refractivity contribution is -0.164. The molecule has 0 saturated heterocycles. The van der Waals surface area contributed by atoms with Crippen LogP contribution in [-0.2, 0) is 19.9 Å². The fourth-order valence-corrected chi connectivity index (χ4v) is 3.34. The molecule has 0 N–H and O–H groups in total. The highest BCUT2D eigenvalue weighted by atomic mass is 16.6. The van der Waals surface area contributed by atoms with Gasteiger partial charge < -0.3 is 23.7 Å². The number of methoxy groups -OCH3 is 4. The van der Waals surface area contributed by atoms with Gasteiger partial charge in [0.1, 0.15) is 0 Å². The van der Waals surface area contributed by atoms with E-state index in [0.717, 1.165) is 0 Å². The summed E-state index contributed by atoms with van der Waals surface area (Å²) >= 11 is 0. The molecule has 3 rings (SSSR count). The Hall–Kier alpha value is -3.65. The Bertz CT molecular complexity index is 936. The quantitative estimate of drug-likeness (QED) is 0.485. The molecule has 31 heavy (non-hydrogen) atoms. The normalized spacial score (nSPS) is 12.0. The van der Waals surface area contributed by atoms with Crippen molar-refractivity contribution in [1.82, 2.24) is 9.97 Å². The van der Waals surface area contributed by atoms with Gasteiger partial charge in [-0.2, -0.15) is 9.97 Å². The predicted octanol–water partition coefficient (Wildman–Crippen LogP) is 3.00. The Morgan fingerprint density at radius 2 is 1.29 bits per heavy atom. The van der Waals surface area contributed by atoms with E-state index in [9.17, 15) is 4.79 Å². The predicted molar refractivity (Wildman–Crippen MR) is 112 cm³/mol. The number of nitrogens with zero attached hydrogens (tertiary/aromatic N) is 2. The molecular weight excluding hydrogens is 400 g/mol. The number of esters is 1. The lowest BCUT2D eigenvalue weighted by atomic mass is 9.81. The van der Waals surface area contributed by atoms with Gasteiger partial charge in [-0.1, -0.05) is 60.7 Å². The van der Waals surface area contributed by atoms with Crippen molar-refractivity contribution in [2.75, 3.05) is 28.4 Å². The second kappa shape index (κ2) is 9.90. The molecule has 3 aromatic rings. The van der Waals surface area contributed by atoms with Gasteiger partial charge >= 0.3 is 12.0 Å². The molecule has 0 radical (unpaired) electrons. The fraction of sp³-hybridized carbons (Fsp3) is 0.261. The van der Waals surface area contributed by atoms with Gasteiger partial charge in [-0.05, 0) is 11.1 Å². The van der Waals surface area contributed by atoms with Gasteiger partial charge in [0, 0.05) is 7.11 Å². The summed E-state index contributed by atoms with van der Waals surface area (Å²) in [7, 11) is 5.70. The molecule has 162 valence electrons. The number of rotatable bonds is 9. The number of ether oxygens (including phenoxy) is 5. The van der Waals surface area contributed by atoms with Gasteiger partial charge in [-0.3, -0.25) is 0 Å². The van der Waals surface area contributed by atoms with E-state index < -0.39 is 17.7 Å². The summed E-state index contributed by atoms with van der Waals surface area (Å²) < 4.78 is 27.5. The molecule has 1 aromatic heterocycles. The minimum Gasteiger partial charge on any atom is -0.481 e. The Morgan fingerprint density at radius 1 is 0.806 bits per heavy atom. The maximum atomic E-state index is 13.0. The average molecular weight is 424 g/mol. The van der Waals surface area contributed by atoms with E-state index in [2.05, 4.69) is 9.97 Å². The van der Waals surface area contributed by atoms with Crippen LogP contribution in [-0.4, -0.2) is 50.5 Å². The van der Waals surface area contributed by atoms with E-state index >= 15 is 0 Å². The summed E-state index contributed by atoms with van der Waals surface area (Å²) in [5.41, 5.74) is 0.0258. The third-order valence-electron chi connectivity index (χ3n) is 4.81. The van der Waals surface area contributed by atoms with Crippen LogP contribution < -0.4 is 14.2 Å². The van der Waals surface area contributed by atoms with Crippen LogP contribution >= 0.6 is 0 Å². The first-order valence-corrected chi connectivity index (χ1v) is 9.46. The molecule has 1 atom stereocenters. The van der Waals surface area contributed by atoms with Crippen molar-refractivity contribution < 1.29 is 28.5 Å². The smallest absolute Gasteiger partial charge is 0.351 e. The summed E-state index contributed by atoms with van der Waals surface area (Å²) in [4.78, 5) is 21.4. The topological polar surface area (TPSA) is 89.0 Å². The van der Waals surface area contributed by atoms with Crippen LogP contribution in [0.5, 0.6) is 17.8 Å². The molecule has 8 heteroatoms. The number of aromatic nitrogens is 2. The highest BCUT2D eigenvalue weighted by Gasteiger charge is 2.50. The summed E-state index contributed by atoms with van der Waals surface area (Å²) in [5, 5.41) is 0. The number of carbonyl (C=O) groups excluding carboxylic acids is 1. The number of hydrogen-bond donors (Lipinski definition) is 0. The minimum atomic E-state index is -1.35. The second-order valence-electron chi connectivity index (χ2n) is 6.43. The number of hydrogen-bond acceptors (Lipinski definition) is 8. The zero-order valence-corrected chi connectivity index (χ0v) is 17.8. The van der Waals surface area contributed by atoms with E-state index in [4.69, 9.17) is 23.7 Å². The third kappa shape index (κ3) is 4.44. The van der Waals surface area contributed by atoms with Gasteiger partial charge in [0.05, 0.1) is 27.4 Å². The minimum absolute atomic E-state index is 0.125. The lowest BCUT2D eigenvalue weighted by Crippen LogP contribution is -2.51. The van der Waals surface area contributed by atoms with E-state index in [1.54, 1.807) is 0 Å². The van der Waals surface area contributed by atoms with Crippen molar-refractivity contribution in [2.45, 2.75) is 11.7 Å². The van der Waals surface area contributed by atoms with Crippen molar-refractivity contribution in [3.8, 4) is 17.8 Å². The Labute approximate surface area is 180 Å². The largest absolute Gasteiger partial charge is 0.481 e. The zero-order chi connectivity index (χ0) is 22.3. The van der Waals surface area contributed by atoms with Crippen LogP contribution in [0.15, 0.2) is 66.7 Å². The van der Waals surface area contributed by atoms with Crippen LogP contribution in [0.1, 0.15) is 11.1 Å². The number of benzene rings is 2. The molecule has 0 aliphatic rings. The summed E-state index contributed by atoms with van der Waals surface area (Å²) in [6, 6.07) is 19.9. The highest BCUT2D eigenvalue weighted by Crippen LogP contribution is 2.39. The van der Waals surface area contributed by atoms with Crippen molar-refractivity contribution in [1.29, 1.82) is 0 Å². The lowest BCUT2D eigenvalue weighted by Gasteiger charge is -2.38. The molecule has 2 aromatic carbocycles. The van der Waals surface area contributed by atoms with Crippen LogP contribution in [0.2, 0.25) is 0 Å². The summed E-state index contributed by atoms with van der Waals surface area (Å²) in [6.45, 7) is 0. The van der Waals surface area contributed by atoms with Gasteiger partial charge in [-0.15, -0.1) is 0 Å². The monoisotopic (exact) mass is 424 g/mol. The molecule has 1 heterocycles.